The molecule has 2 N–H and O–H groups in total. The third-order valence-corrected chi connectivity index (χ3v) is 5.00. The standard InChI is InChI=1S/C19H17FN4O/c1-10-6-13(25)3-5-15(10)24-19-17-14-7-12(20)2-4-16(14)23-18(17)11(8-21)9-22-19/h2,4,7,9-10,15,23H,3,5-6H2,1H3,(H,22,24)/t10-,15?/m1/s1. The van der Waals surface area contributed by atoms with Gasteiger partial charge in [0, 0.05) is 36.0 Å². The maximum absolute atomic E-state index is 13.8. The lowest BCUT2D eigenvalue weighted by Crippen LogP contribution is -2.34. The number of halogens is 1. The van der Waals surface area contributed by atoms with Crippen LogP contribution in [0.5, 0.6) is 0 Å². The molecule has 2 heterocycles. The number of hydrogen-bond donors (Lipinski definition) is 2. The van der Waals surface area contributed by atoms with Crippen molar-refractivity contribution in [2.45, 2.75) is 32.2 Å². The molecule has 0 aliphatic heterocycles. The average Bonchev–Trinajstić information content (AvgIpc) is 2.96. The summed E-state index contributed by atoms with van der Waals surface area (Å²) in [5, 5.41) is 14.2. The summed E-state index contributed by atoms with van der Waals surface area (Å²) in [7, 11) is 0. The van der Waals surface area contributed by atoms with Gasteiger partial charge in [-0.05, 0) is 30.5 Å². The topological polar surface area (TPSA) is 81.6 Å². The molecule has 25 heavy (non-hydrogen) atoms. The fraction of sp³-hybridized carbons (Fsp3) is 0.316. The van der Waals surface area contributed by atoms with Crippen LogP contribution < -0.4 is 5.32 Å². The molecule has 126 valence electrons. The molecule has 6 heteroatoms. The minimum Gasteiger partial charge on any atom is -0.366 e. The van der Waals surface area contributed by atoms with Gasteiger partial charge in [-0.25, -0.2) is 9.37 Å². The number of ketones is 1. The molecule has 5 nitrogen and oxygen atoms in total. The smallest absolute Gasteiger partial charge is 0.136 e. The number of nitriles is 1. The summed E-state index contributed by atoms with van der Waals surface area (Å²) < 4.78 is 13.8. The van der Waals surface area contributed by atoms with Crippen molar-refractivity contribution in [2.75, 3.05) is 5.32 Å². The van der Waals surface area contributed by atoms with Crippen molar-refractivity contribution >= 4 is 33.4 Å². The number of nitrogens with zero attached hydrogens (tertiary/aromatic N) is 2. The van der Waals surface area contributed by atoms with E-state index in [2.05, 4.69) is 21.4 Å². The SMILES string of the molecule is C[C@@H]1CC(=O)CCC1Nc1ncc(C#N)c2[nH]c3ccc(F)cc3c12. The van der Waals surface area contributed by atoms with Gasteiger partial charge in [-0.2, -0.15) is 5.26 Å². The molecule has 0 saturated heterocycles. The van der Waals surface area contributed by atoms with E-state index in [0.717, 1.165) is 17.3 Å². The first-order valence-corrected chi connectivity index (χ1v) is 8.35. The van der Waals surface area contributed by atoms with Crippen LogP contribution in [0.15, 0.2) is 24.4 Å². The van der Waals surface area contributed by atoms with Gasteiger partial charge in [0.1, 0.15) is 23.5 Å². The van der Waals surface area contributed by atoms with E-state index in [-0.39, 0.29) is 23.6 Å². The molecule has 1 unspecified atom stereocenters. The van der Waals surface area contributed by atoms with E-state index >= 15 is 0 Å². The van der Waals surface area contributed by atoms with Crippen LogP contribution in [0.25, 0.3) is 21.8 Å². The summed E-state index contributed by atoms with van der Waals surface area (Å²) in [4.78, 5) is 19.2. The molecule has 2 atom stereocenters. The molecule has 0 bridgehead atoms. The predicted molar refractivity (Wildman–Crippen MR) is 93.7 cm³/mol. The fourth-order valence-electron chi connectivity index (χ4n) is 3.66. The lowest BCUT2D eigenvalue weighted by molar-refractivity contribution is -0.121. The number of Topliss-reactive ketones (excluding diaryl/α,β-unsaturated/α-hetero) is 1. The molecule has 0 amide bonds. The van der Waals surface area contributed by atoms with Gasteiger partial charge in [-0.15, -0.1) is 0 Å². The molecular formula is C19H17FN4O. The highest BCUT2D eigenvalue weighted by Gasteiger charge is 2.27. The molecule has 2 aromatic heterocycles. The Labute approximate surface area is 143 Å². The lowest BCUT2D eigenvalue weighted by atomic mass is 9.85. The van der Waals surface area contributed by atoms with Gasteiger partial charge < -0.3 is 10.3 Å². The molecule has 3 aromatic rings. The van der Waals surface area contributed by atoms with E-state index in [1.165, 1.54) is 18.3 Å². The second kappa shape index (κ2) is 5.85. The Kier molecular flexibility index (Phi) is 3.65. The number of fused-ring (bicyclic) bond motifs is 3. The van der Waals surface area contributed by atoms with Crippen LogP contribution in [0, 0.1) is 23.1 Å². The first-order chi connectivity index (χ1) is 12.1. The van der Waals surface area contributed by atoms with E-state index < -0.39 is 0 Å². The third kappa shape index (κ3) is 2.62. The minimum absolute atomic E-state index is 0.125. The normalized spacial score (nSPS) is 20.8. The van der Waals surface area contributed by atoms with Crippen molar-refractivity contribution in [2.24, 2.45) is 5.92 Å². The Bertz CT molecular complexity index is 1030. The molecule has 1 fully saturated rings. The van der Waals surface area contributed by atoms with Crippen LogP contribution in [-0.2, 0) is 4.79 Å². The van der Waals surface area contributed by atoms with E-state index in [1.807, 2.05) is 6.92 Å². The van der Waals surface area contributed by atoms with Crippen LogP contribution in [0.2, 0.25) is 0 Å². The summed E-state index contributed by atoms with van der Waals surface area (Å²) >= 11 is 0. The molecule has 0 spiro atoms. The number of carbonyl (C=O) groups excluding carboxylic acids is 1. The van der Waals surface area contributed by atoms with E-state index in [0.29, 0.717) is 35.1 Å². The van der Waals surface area contributed by atoms with Crippen LogP contribution in [0.3, 0.4) is 0 Å². The Morgan fingerprint density at radius 1 is 1.44 bits per heavy atom. The first-order valence-electron chi connectivity index (χ1n) is 8.35. The van der Waals surface area contributed by atoms with Crippen molar-refractivity contribution in [3.05, 3.63) is 35.8 Å². The molecule has 4 rings (SSSR count). The zero-order valence-corrected chi connectivity index (χ0v) is 13.8. The second-order valence-electron chi connectivity index (χ2n) is 6.71. The molecule has 1 aromatic carbocycles. The van der Waals surface area contributed by atoms with Gasteiger partial charge in [0.05, 0.1) is 16.5 Å². The number of anilines is 1. The Balaban J connectivity index is 1.86. The Morgan fingerprint density at radius 2 is 2.28 bits per heavy atom. The number of aromatic amines is 1. The quantitative estimate of drug-likeness (QED) is 0.744. The van der Waals surface area contributed by atoms with E-state index in [9.17, 15) is 14.4 Å². The van der Waals surface area contributed by atoms with Gasteiger partial charge in [-0.1, -0.05) is 6.92 Å². The predicted octanol–water partition coefficient (Wildman–Crippen LogP) is 3.90. The van der Waals surface area contributed by atoms with Crippen LogP contribution in [0.1, 0.15) is 31.7 Å². The van der Waals surface area contributed by atoms with Gasteiger partial charge in [0.25, 0.3) is 0 Å². The highest BCUT2D eigenvalue weighted by molar-refractivity contribution is 6.13. The summed E-state index contributed by atoms with van der Waals surface area (Å²) in [5.74, 6) is 0.781. The van der Waals surface area contributed by atoms with E-state index in [1.54, 1.807) is 6.07 Å². The third-order valence-electron chi connectivity index (χ3n) is 5.00. The highest BCUT2D eigenvalue weighted by atomic mass is 19.1. The number of H-pyrrole nitrogens is 1. The number of carbonyl (C=O) groups is 1. The number of hydrogen-bond acceptors (Lipinski definition) is 4. The van der Waals surface area contributed by atoms with E-state index in [4.69, 9.17) is 0 Å². The van der Waals surface area contributed by atoms with Gasteiger partial charge in [-0.3, -0.25) is 4.79 Å². The largest absolute Gasteiger partial charge is 0.366 e. The Hall–Kier alpha value is -2.94. The number of benzene rings is 1. The summed E-state index contributed by atoms with van der Waals surface area (Å²) in [6.45, 7) is 2.05. The molecule has 0 radical (unpaired) electrons. The Morgan fingerprint density at radius 3 is 3.04 bits per heavy atom. The van der Waals surface area contributed by atoms with Crippen molar-refractivity contribution in [3.63, 3.8) is 0 Å². The van der Waals surface area contributed by atoms with Crippen molar-refractivity contribution in [1.82, 2.24) is 9.97 Å². The highest BCUT2D eigenvalue weighted by Crippen LogP contribution is 2.34. The maximum Gasteiger partial charge on any atom is 0.136 e. The number of aromatic nitrogens is 2. The van der Waals surface area contributed by atoms with Crippen LogP contribution >= 0.6 is 0 Å². The monoisotopic (exact) mass is 336 g/mol. The number of rotatable bonds is 2. The zero-order chi connectivity index (χ0) is 17.6. The van der Waals surface area contributed by atoms with Gasteiger partial charge >= 0.3 is 0 Å². The minimum atomic E-state index is -0.335. The van der Waals surface area contributed by atoms with Crippen molar-refractivity contribution in [3.8, 4) is 6.07 Å². The van der Waals surface area contributed by atoms with Gasteiger partial charge in [0.15, 0.2) is 0 Å². The fourth-order valence-corrected chi connectivity index (χ4v) is 3.66. The summed E-state index contributed by atoms with van der Waals surface area (Å²) in [5.41, 5.74) is 1.83. The van der Waals surface area contributed by atoms with Crippen LogP contribution in [-0.4, -0.2) is 21.8 Å². The zero-order valence-electron chi connectivity index (χ0n) is 13.8. The first kappa shape index (κ1) is 15.6. The van der Waals surface area contributed by atoms with Crippen molar-refractivity contribution < 1.29 is 9.18 Å². The molecule has 1 aliphatic rings. The average molecular weight is 336 g/mol. The number of pyridine rings is 1. The van der Waals surface area contributed by atoms with Crippen LogP contribution in [0.4, 0.5) is 10.2 Å². The van der Waals surface area contributed by atoms with Crippen molar-refractivity contribution in [1.29, 1.82) is 5.26 Å². The summed E-state index contributed by atoms with van der Waals surface area (Å²) in [6.07, 6.45) is 3.39. The molecular weight excluding hydrogens is 319 g/mol. The molecule has 1 saturated carbocycles. The maximum atomic E-state index is 13.8. The lowest BCUT2D eigenvalue weighted by Gasteiger charge is -2.29. The number of nitrogens with one attached hydrogen (secondary N) is 2. The molecule has 1 aliphatic carbocycles. The summed E-state index contributed by atoms with van der Waals surface area (Å²) in [6, 6.07) is 6.76. The van der Waals surface area contributed by atoms with Gasteiger partial charge in [0.2, 0.25) is 0 Å². The second-order valence-corrected chi connectivity index (χ2v) is 6.71.